The molecule has 0 radical (unpaired) electrons. The van der Waals surface area contributed by atoms with Crippen molar-refractivity contribution in [3.05, 3.63) is 162 Å². The van der Waals surface area contributed by atoms with Gasteiger partial charge in [0.1, 0.15) is 0 Å². The van der Waals surface area contributed by atoms with E-state index in [2.05, 4.69) is 139 Å². The fourth-order valence-electron chi connectivity index (χ4n) is 6.86. The van der Waals surface area contributed by atoms with Crippen LogP contribution in [0.25, 0.3) is 66.6 Å². The van der Waals surface area contributed by atoms with Crippen LogP contribution in [0.5, 0.6) is 0 Å². The number of nitrogens with zero attached hydrogens (tertiary/aromatic N) is 1. The van der Waals surface area contributed by atoms with Gasteiger partial charge in [0.05, 0.1) is 0 Å². The SMILES string of the molecule is Cc1cccc(-c2c3ccccc3c(-c3ccc4c(c3)CCC(c3cccc(-c5cccnc5)c3)=C4)c3ccccc23)c1. The minimum Gasteiger partial charge on any atom is -0.264 e. The number of aromatic nitrogens is 1. The lowest BCUT2D eigenvalue weighted by Crippen LogP contribution is -2.00. The molecular weight excluding hydrogens is 518 g/mol. The van der Waals surface area contributed by atoms with E-state index in [1.807, 2.05) is 18.5 Å². The van der Waals surface area contributed by atoms with Crippen LogP contribution in [0, 0.1) is 6.92 Å². The van der Waals surface area contributed by atoms with Gasteiger partial charge >= 0.3 is 0 Å². The van der Waals surface area contributed by atoms with Crippen molar-refractivity contribution >= 4 is 33.2 Å². The van der Waals surface area contributed by atoms with E-state index in [1.165, 1.54) is 77.2 Å². The Bertz CT molecular complexity index is 2130. The van der Waals surface area contributed by atoms with Crippen molar-refractivity contribution in [2.75, 3.05) is 0 Å². The van der Waals surface area contributed by atoms with E-state index in [9.17, 15) is 0 Å². The summed E-state index contributed by atoms with van der Waals surface area (Å²) in [5.41, 5.74) is 14.3. The molecule has 1 heteroatoms. The molecule has 204 valence electrons. The first-order valence-electron chi connectivity index (χ1n) is 15.1. The minimum atomic E-state index is 1.03. The van der Waals surface area contributed by atoms with Crippen LogP contribution in [0.2, 0.25) is 0 Å². The molecule has 7 aromatic rings. The molecule has 0 atom stereocenters. The summed E-state index contributed by atoms with van der Waals surface area (Å²) in [5, 5.41) is 5.21. The van der Waals surface area contributed by atoms with Gasteiger partial charge in [0.2, 0.25) is 0 Å². The monoisotopic (exact) mass is 549 g/mol. The van der Waals surface area contributed by atoms with E-state index in [0.717, 1.165) is 18.4 Å². The summed E-state index contributed by atoms with van der Waals surface area (Å²) in [7, 11) is 0. The van der Waals surface area contributed by atoms with E-state index in [4.69, 9.17) is 0 Å². The number of allylic oxidation sites excluding steroid dienone is 1. The molecule has 43 heavy (non-hydrogen) atoms. The minimum absolute atomic E-state index is 1.03. The van der Waals surface area contributed by atoms with Crippen molar-refractivity contribution in [1.82, 2.24) is 4.98 Å². The Morgan fingerprint density at radius 2 is 1.12 bits per heavy atom. The fraction of sp³-hybridized carbons (Fsp3) is 0.0714. The second-order valence-corrected chi connectivity index (χ2v) is 11.6. The van der Waals surface area contributed by atoms with Crippen molar-refractivity contribution in [3.8, 4) is 33.4 Å². The highest BCUT2D eigenvalue weighted by Crippen LogP contribution is 2.44. The van der Waals surface area contributed by atoms with Gasteiger partial charge in [0, 0.05) is 18.0 Å². The van der Waals surface area contributed by atoms with Crippen molar-refractivity contribution in [2.45, 2.75) is 19.8 Å². The molecule has 1 aliphatic rings. The van der Waals surface area contributed by atoms with Crippen LogP contribution < -0.4 is 0 Å². The average Bonchev–Trinajstić information content (AvgIpc) is 3.07. The summed E-state index contributed by atoms with van der Waals surface area (Å²) >= 11 is 0. The third-order valence-corrected chi connectivity index (χ3v) is 8.89. The van der Waals surface area contributed by atoms with E-state index in [0.29, 0.717) is 0 Å². The Morgan fingerprint density at radius 1 is 0.488 bits per heavy atom. The summed E-state index contributed by atoms with van der Waals surface area (Å²) in [6, 6.07) is 46.8. The summed E-state index contributed by atoms with van der Waals surface area (Å²) in [6.07, 6.45) is 8.21. The van der Waals surface area contributed by atoms with Crippen LogP contribution in [0.1, 0.15) is 28.7 Å². The first kappa shape index (κ1) is 25.4. The maximum Gasteiger partial charge on any atom is 0.0346 e. The quantitative estimate of drug-likeness (QED) is 0.199. The third kappa shape index (κ3) is 4.54. The molecule has 0 spiro atoms. The van der Waals surface area contributed by atoms with E-state index in [-0.39, 0.29) is 0 Å². The lowest BCUT2D eigenvalue weighted by atomic mass is 9.83. The summed E-state index contributed by atoms with van der Waals surface area (Å²) in [5.74, 6) is 0. The summed E-state index contributed by atoms with van der Waals surface area (Å²) < 4.78 is 0. The number of aryl methyl sites for hydroxylation is 2. The van der Waals surface area contributed by atoms with Crippen molar-refractivity contribution in [2.24, 2.45) is 0 Å². The molecule has 0 bridgehead atoms. The molecule has 0 fully saturated rings. The van der Waals surface area contributed by atoms with Crippen molar-refractivity contribution in [1.29, 1.82) is 0 Å². The second-order valence-electron chi connectivity index (χ2n) is 11.6. The Kier molecular flexibility index (Phi) is 6.23. The highest BCUT2D eigenvalue weighted by Gasteiger charge is 2.19. The number of benzene rings is 6. The molecular formula is C42H31N. The van der Waals surface area contributed by atoms with Crippen LogP contribution in [0.15, 0.2) is 140 Å². The number of hydrogen-bond acceptors (Lipinski definition) is 1. The standard InChI is InChI=1S/C42H31N/c1-28-9-6-12-34(23-28)41-37-14-2-4-16-39(37)42(40-17-5-3-15-38(40)41)35-21-20-32-25-31(18-19-33(32)26-35)29-10-7-11-30(24-29)36-13-8-22-43-27-36/h2-17,20-27H,18-19H2,1H3. The molecule has 1 aliphatic carbocycles. The lowest BCUT2D eigenvalue weighted by Gasteiger charge is -2.21. The molecule has 0 N–H and O–H groups in total. The maximum atomic E-state index is 4.31. The predicted molar refractivity (Wildman–Crippen MR) is 183 cm³/mol. The van der Waals surface area contributed by atoms with Crippen molar-refractivity contribution < 1.29 is 0 Å². The molecule has 6 aromatic carbocycles. The number of hydrogen-bond donors (Lipinski definition) is 0. The largest absolute Gasteiger partial charge is 0.264 e. The molecule has 8 rings (SSSR count). The zero-order chi connectivity index (χ0) is 28.8. The Hall–Kier alpha value is -5.27. The molecule has 0 amide bonds. The fourth-order valence-corrected chi connectivity index (χ4v) is 6.86. The zero-order valence-electron chi connectivity index (χ0n) is 24.2. The third-order valence-electron chi connectivity index (χ3n) is 8.89. The number of pyridine rings is 1. The Balaban J connectivity index is 1.25. The summed E-state index contributed by atoms with van der Waals surface area (Å²) in [4.78, 5) is 4.31. The van der Waals surface area contributed by atoms with Gasteiger partial charge in [-0.25, -0.2) is 0 Å². The van der Waals surface area contributed by atoms with Gasteiger partial charge in [0.15, 0.2) is 0 Å². The molecule has 0 saturated heterocycles. The van der Waals surface area contributed by atoms with Gasteiger partial charge in [0.25, 0.3) is 0 Å². The first-order chi connectivity index (χ1) is 21.2. The van der Waals surface area contributed by atoms with E-state index < -0.39 is 0 Å². The predicted octanol–water partition coefficient (Wildman–Crippen LogP) is 11.2. The lowest BCUT2D eigenvalue weighted by molar-refractivity contribution is 1.00. The van der Waals surface area contributed by atoms with Gasteiger partial charge in [-0.15, -0.1) is 0 Å². The molecule has 1 heterocycles. The molecule has 0 aliphatic heterocycles. The molecule has 1 nitrogen and oxygen atoms in total. The van der Waals surface area contributed by atoms with Crippen LogP contribution in [-0.2, 0) is 6.42 Å². The zero-order valence-corrected chi connectivity index (χ0v) is 24.2. The topological polar surface area (TPSA) is 12.9 Å². The van der Waals surface area contributed by atoms with Gasteiger partial charge in [-0.3, -0.25) is 4.98 Å². The highest BCUT2D eigenvalue weighted by atomic mass is 14.6. The number of fused-ring (bicyclic) bond motifs is 3. The Labute approximate surface area is 252 Å². The normalized spacial score (nSPS) is 12.7. The van der Waals surface area contributed by atoms with Gasteiger partial charge in [-0.05, 0) is 104 Å². The van der Waals surface area contributed by atoms with Crippen LogP contribution in [0.4, 0.5) is 0 Å². The van der Waals surface area contributed by atoms with Crippen LogP contribution in [0.3, 0.4) is 0 Å². The van der Waals surface area contributed by atoms with Gasteiger partial charge in [-0.2, -0.15) is 0 Å². The van der Waals surface area contributed by atoms with E-state index in [1.54, 1.807) is 0 Å². The smallest absolute Gasteiger partial charge is 0.0346 e. The van der Waals surface area contributed by atoms with Crippen LogP contribution >= 0.6 is 0 Å². The number of rotatable bonds is 4. The summed E-state index contributed by atoms with van der Waals surface area (Å²) in [6.45, 7) is 2.17. The Morgan fingerprint density at radius 3 is 1.79 bits per heavy atom. The van der Waals surface area contributed by atoms with Gasteiger partial charge in [-0.1, -0.05) is 127 Å². The highest BCUT2D eigenvalue weighted by molar-refractivity contribution is 6.21. The van der Waals surface area contributed by atoms with Gasteiger partial charge < -0.3 is 0 Å². The molecule has 0 saturated carbocycles. The molecule has 0 unspecified atom stereocenters. The van der Waals surface area contributed by atoms with Crippen molar-refractivity contribution in [3.63, 3.8) is 0 Å². The molecule has 1 aromatic heterocycles. The maximum absolute atomic E-state index is 4.31. The average molecular weight is 550 g/mol. The second kappa shape index (κ2) is 10.5. The van der Waals surface area contributed by atoms with Crippen LogP contribution in [-0.4, -0.2) is 4.98 Å². The first-order valence-corrected chi connectivity index (χ1v) is 15.1. The van der Waals surface area contributed by atoms with E-state index >= 15 is 0 Å².